The van der Waals surface area contributed by atoms with Gasteiger partial charge in [-0.1, -0.05) is 0 Å². The molecule has 194 valence electrons. The summed E-state index contributed by atoms with van der Waals surface area (Å²) in [6, 6.07) is 5.22. The SMILES string of the molecule is O=C1CCCC2(CCN(c3cc(O[C@@H]4CCOC[C@@H]4F)nc(CO)n3)CC2)N1c1ccc(F)c(F)c1. The van der Waals surface area contributed by atoms with Crippen LogP contribution in [-0.2, 0) is 16.1 Å². The fraction of sp³-hybridized carbons (Fsp3) is 0.560. The molecule has 0 aliphatic carbocycles. The largest absolute Gasteiger partial charge is 0.471 e. The number of carbonyl (C=O) groups is 1. The number of piperidine rings is 2. The molecule has 1 aromatic heterocycles. The maximum atomic E-state index is 14.2. The van der Waals surface area contributed by atoms with Crippen molar-refractivity contribution >= 4 is 17.4 Å². The molecule has 1 amide bonds. The summed E-state index contributed by atoms with van der Waals surface area (Å²) < 4.78 is 52.7. The predicted molar refractivity (Wildman–Crippen MR) is 125 cm³/mol. The van der Waals surface area contributed by atoms with E-state index >= 15 is 0 Å². The van der Waals surface area contributed by atoms with Crippen LogP contribution in [0.2, 0.25) is 0 Å². The van der Waals surface area contributed by atoms with Gasteiger partial charge in [-0.05, 0) is 37.8 Å². The number of carbonyl (C=O) groups excluding carboxylic acids is 1. The fourth-order valence-corrected chi connectivity index (χ4v) is 5.45. The van der Waals surface area contributed by atoms with Crippen molar-refractivity contribution in [2.75, 3.05) is 36.1 Å². The lowest BCUT2D eigenvalue weighted by atomic mass is 9.78. The standard InChI is InChI=1S/C25H29F3N4O4/c26-17-4-3-16(12-18(17)27)32-24(34)2-1-6-25(32)7-9-31(10-8-25)22-13-23(30-21(14-33)29-22)36-20-5-11-35-15-19(20)28/h3-4,12-13,19-20,33H,1-2,5-11,14-15H2/t19-,20+/m0/s1. The molecular weight excluding hydrogens is 477 g/mol. The monoisotopic (exact) mass is 506 g/mol. The van der Waals surface area contributed by atoms with Crippen molar-refractivity contribution in [2.45, 2.75) is 62.9 Å². The highest BCUT2D eigenvalue weighted by molar-refractivity contribution is 5.95. The second kappa shape index (κ2) is 10.2. The Morgan fingerprint density at radius 3 is 2.67 bits per heavy atom. The Morgan fingerprint density at radius 2 is 1.94 bits per heavy atom. The van der Waals surface area contributed by atoms with Crippen LogP contribution in [0.25, 0.3) is 0 Å². The number of aromatic nitrogens is 2. The first-order valence-electron chi connectivity index (χ1n) is 12.3. The highest BCUT2D eigenvalue weighted by atomic mass is 19.2. The van der Waals surface area contributed by atoms with Crippen molar-refractivity contribution in [3.8, 4) is 5.88 Å². The Bertz CT molecular complexity index is 1110. The van der Waals surface area contributed by atoms with Crippen molar-refractivity contribution in [1.82, 2.24) is 9.97 Å². The number of hydrogen-bond donors (Lipinski definition) is 1. The Labute approximate surface area is 207 Å². The van der Waals surface area contributed by atoms with Crippen molar-refractivity contribution in [3.05, 3.63) is 41.7 Å². The molecule has 0 unspecified atom stereocenters. The Hall–Kier alpha value is -2.92. The van der Waals surface area contributed by atoms with Gasteiger partial charge < -0.3 is 24.4 Å². The minimum atomic E-state index is -1.27. The van der Waals surface area contributed by atoms with Gasteiger partial charge in [0, 0.05) is 43.8 Å². The molecule has 0 saturated carbocycles. The second-order valence-corrected chi connectivity index (χ2v) is 9.57. The zero-order chi connectivity index (χ0) is 25.3. The molecule has 1 spiro atoms. The summed E-state index contributed by atoms with van der Waals surface area (Å²) in [5, 5.41) is 9.68. The molecule has 8 nitrogen and oxygen atoms in total. The molecule has 0 bridgehead atoms. The van der Waals surface area contributed by atoms with E-state index in [-0.39, 0.29) is 24.2 Å². The van der Waals surface area contributed by atoms with E-state index in [4.69, 9.17) is 9.47 Å². The molecule has 11 heteroatoms. The number of benzene rings is 1. The average Bonchev–Trinajstić information content (AvgIpc) is 2.88. The summed E-state index contributed by atoms with van der Waals surface area (Å²) >= 11 is 0. The van der Waals surface area contributed by atoms with E-state index in [1.165, 1.54) is 6.07 Å². The van der Waals surface area contributed by atoms with Crippen LogP contribution in [0.15, 0.2) is 24.3 Å². The molecule has 0 radical (unpaired) electrons. The molecule has 1 aromatic carbocycles. The third-order valence-corrected chi connectivity index (χ3v) is 7.31. The number of rotatable bonds is 5. The third-order valence-electron chi connectivity index (χ3n) is 7.31. The number of halogens is 3. The van der Waals surface area contributed by atoms with Crippen LogP contribution in [0.3, 0.4) is 0 Å². The van der Waals surface area contributed by atoms with Gasteiger partial charge in [-0.3, -0.25) is 4.79 Å². The molecule has 3 fully saturated rings. The molecule has 5 rings (SSSR count). The van der Waals surface area contributed by atoms with E-state index < -0.39 is 36.1 Å². The van der Waals surface area contributed by atoms with E-state index in [1.54, 1.807) is 11.0 Å². The summed E-state index contributed by atoms with van der Waals surface area (Å²) in [5.41, 5.74) is -0.143. The molecule has 1 N–H and O–H groups in total. The van der Waals surface area contributed by atoms with Gasteiger partial charge in [0.25, 0.3) is 0 Å². The van der Waals surface area contributed by atoms with Crippen LogP contribution in [0.5, 0.6) is 5.88 Å². The summed E-state index contributed by atoms with van der Waals surface area (Å²) in [7, 11) is 0. The second-order valence-electron chi connectivity index (χ2n) is 9.57. The van der Waals surface area contributed by atoms with Crippen LogP contribution in [0, 0.1) is 11.6 Å². The van der Waals surface area contributed by atoms with E-state index in [0.29, 0.717) is 56.9 Å². The van der Waals surface area contributed by atoms with E-state index in [1.807, 2.05) is 4.90 Å². The minimum absolute atomic E-state index is 0.0309. The summed E-state index contributed by atoms with van der Waals surface area (Å²) in [4.78, 5) is 25.2. The molecule has 3 aliphatic heterocycles. The van der Waals surface area contributed by atoms with Crippen molar-refractivity contribution in [3.63, 3.8) is 0 Å². The maximum absolute atomic E-state index is 14.2. The topological polar surface area (TPSA) is 88.0 Å². The summed E-state index contributed by atoms with van der Waals surface area (Å²) in [6.07, 6.45) is 1.49. The third kappa shape index (κ3) is 4.86. The van der Waals surface area contributed by atoms with Crippen LogP contribution in [-0.4, -0.2) is 65.1 Å². The van der Waals surface area contributed by atoms with Gasteiger partial charge in [0.2, 0.25) is 11.8 Å². The van der Waals surface area contributed by atoms with E-state index in [2.05, 4.69) is 9.97 Å². The smallest absolute Gasteiger partial charge is 0.227 e. The lowest BCUT2D eigenvalue weighted by Gasteiger charge is -2.51. The first kappa shape index (κ1) is 24.8. The lowest BCUT2D eigenvalue weighted by Crippen LogP contribution is -2.60. The lowest BCUT2D eigenvalue weighted by molar-refractivity contribution is -0.121. The maximum Gasteiger partial charge on any atom is 0.227 e. The van der Waals surface area contributed by atoms with Gasteiger partial charge in [0.1, 0.15) is 18.5 Å². The van der Waals surface area contributed by atoms with Crippen LogP contribution in [0.4, 0.5) is 24.7 Å². The quantitative estimate of drug-likeness (QED) is 0.666. The number of ether oxygens (including phenoxy) is 2. The van der Waals surface area contributed by atoms with Crippen molar-refractivity contribution < 1.29 is 32.5 Å². The van der Waals surface area contributed by atoms with Gasteiger partial charge in [-0.2, -0.15) is 4.98 Å². The number of aliphatic hydroxyl groups excluding tert-OH is 1. The van der Waals surface area contributed by atoms with E-state index in [9.17, 15) is 23.1 Å². The van der Waals surface area contributed by atoms with Gasteiger partial charge in [0.15, 0.2) is 23.6 Å². The molecule has 3 saturated heterocycles. The fourth-order valence-electron chi connectivity index (χ4n) is 5.45. The van der Waals surface area contributed by atoms with Gasteiger partial charge in [0.05, 0.1) is 18.8 Å². The van der Waals surface area contributed by atoms with Crippen LogP contribution < -0.4 is 14.5 Å². The summed E-state index contributed by atoms with van der Waals surface area (Å²) in [5.74, 6) is -1.13. The van der Waals surface area contributed by atoms with E-state index in [0.717, 1.165) is 25.0 Å². The molecular formula is C25H29F3N4O4. The van der Waals surface area contributed by atoms with Crippen molar-refractivity contribution in [1.29, 1.82) is 0 Å². The predicted octanol–water partition coefficient (Wildman–Crippen LogP) is 3.31. The summed E-state index contributed by atoms with van der Waals surface area (Å²) in [6.45, 7) is 1.05. The normalized spacial score (nSPS) is 24.3. The number of hydrogen-bond acceptors (Lipinski definition) is 7. The Kier molecular flexibility index (Phi) is 7.03. The molecule has 2 aromatic rings. The number of anilines is 2. The first-order valence-corrected chi connectivity index (χ1v) is 12.3. The highest BCUT2D eigenvalue weighted by Gasteiger charge is 2.45. The van der Waals surface area contributed by atoms with Crippen LogP contribution >= 0.6 is 0 Å². The number of nitrogens with zero attached hydrogens (tertiary/aromatic N) is 4. The van der Waals surface area contributed by atoms with Crippen LogP contribution in [0.1, 0.15) is 44.3 Å². The molecule has 4 heterocycles. The van der Waals surface area contributed by atoms with Gasteiger partial charge in [-0.25, -0.2) is 18.2 Å². The highest BCUT2D eigenvalue weighted by Crippen LogP contribution is 2.42. The average molecular weight is 507 g/mol. The Balaban J connectivity index is 1.35. The first-order chi connectivity index (χ1) is 17.4. The minimum Gasteiger partial charge on any atom is -0.471 e. The molecule has 36 heavy (non-hydrogen) atoms. The molecule has 2 atom stereocenters. The van der Waals surface area contributed by atoms with Gasteiger partial charge >= 0.3 is 0 Å². The zero-order valence-corrected chi connectivity index (χ0v) is 19.8. The number of amides is 1. The van der Waals surface area contributed by atoms with Crippen molar-refractivity contribution in [2.24, 2.45) is 0 Å². The number of alkyl halides is 1. The zero-order valence-electron chi connectivity index (χ0n) is 19.8. The Morgan fingerprint density at radius 1 is 1.14 bits per heavy atom. The number of aliphatic hydroxyl groups is 1. The van der Waals surface area contributed by atoms with Gasteiger partial charge in [-0.15, -0.1) is 0 Å². The molecule has 3 aliphatic rings.